The first-order valence-corrected chi connectivity index (χ1v) is 7.75. The van der Waals surface area contributed by atoms with E-state index in [1.165, 1.54) is 5.56 Å². The fourth-order valence-corrected chi connectivity index (χ4v) is 2.20. The third-order valence-corrected chi connectivity index (χ3v) is 3.33. The minimum Gasteiger partial charge on any atom is -0.459 e. The summed E-state index contributed by atoms with van der Waals surface area (Å²) in [5.41, 5.74) is 1.84. The van der Waals surface area contributed by atoms with Gasteiger partial charge in [-0.25, -0.2) is 4.79 Å². The first-order valence-electron chi connectivity index (χ1n) is 7.75. The summed E-state index contributed by atoms with van der Waals surface area (Å²) in [4.78, 5) is 12.1. The SMILES string of the molecule is CCCOCCOC(=O)c1cccn1CCc1ccccc1. The molecule has 1 aromatic heterocycles. The first-order chi connectivity index (χ1) is 10.8. The number of aryl methyl sites for hydroxylation is 2. The number of esters is 1. The van der Waals surface area contributed by atoms with Crippen molar-refractivity contribution in [3.05, 3.63) is 59.9 Å². The maximum Gasteiger partial charge on any atom is 0.355 e. The van der Waals surface area contributed by atoms with Crippen molar-refractivity contribution >= 4 is 5.97 Å². The van der Waals surface area contributed by atoms with Gasteiger partial charge in [0.25, 0.3) is 0 Å². The summed E-state index contributed by atoms with van der Waals surface area (Å²) in [5.74, 6) is -0.293. The smallest absolute Gasteiger partial charge is 0.355 e. The molecule has 0 spiro atoms. The Balaban J connectivity index is 1.82. The molecule has 0 unspecified atom stereocenters. The van der Waals surface area contributed by atoms with Crippen LogP contribution in [0.3, 0.4) is 0 Å². The van der Waals surface area contributed by atoms with Crippen molar-refractivity contribution < 1.29 is 14.3 Å². The monoisotopic (exact) mass is 301 g/mol. The van der Waals surface area contributed by atoms with Gasteiger partial charge in [0.15, 0.2) is 0 Å². The largest absolute Gasteiger partial charge is 0.459 e. The van der Waals surface area contributed by atoms with E-state index in [0.29, 0.717) is 25.5 Å². The van der Waals surface area contributed by atoms with E-state index in [-0.39, 0.29) is 5.97 Å². The molecule has 2 aromatic rings. The quantitative estimate of drug-likeness (QED) is 0.527. The highest BCUT2D eigenvalue weighted by molar-refractivity contribution is 5.87. The van der Waals surface area contributed by atoms with Crippen LogP contribution in [0.5, 0.6) is 0 Å². The van der Waals surface area contributed by atoms with Gasteiger partial charge in [0.05, 0.1) is 6.61 Å². The normalized spacial score (nSPS) is 10.6. The van der Waals surface area contributed by atoms with E-state index in [2.05, 4.69) is 12.1 Å². The van der Waals surface area contributed by atoms with Crippen LogP contribution in [0.25, 0.3) is 0 Å². The lowest BCUT2D eigenvalue weighted by Gasteiger charge is -2.09. The number of nitrogens with zero attached hydrogens (tertiary/aromatic N) is 1. The molecule has 4 heteroatoms. The van der Waals surface area contributed by atoms with E-state index in [0.717, 1.165) is 19.4 Å². The zero-order chi connectivity index (χ0) is 15.6. The topological polar surface area (TPSA) is 40.5 Å². The molecule has 0 amide bonds. The molecule has 0 aliphatic rings. The summed E-state index contributed by atoms with van der Waals surface area (Å²) in [7, 11) is 0. The summed E-state index contributed by atoms with van der Waals surface area (Å²) in [6, 6.07) is 13.9. The van der Waals surface area contributed by atoms with Crippen LogP contribution in [-0.4, -0.2) is 30.4 Å². The molecule has 4 nitrogen and oxygen atoms in total. The van der Waals surface area contributed by atoms with Crippen molar-refractivity contribution in [3.63, 3.8) is 0 Å². The van der Waals surface area contributed by atoms with E-state index in [1.54, 1.807) is 6.07 Å². The lowest BCUT2D eigenvalue weighted by atomic mass is 10.1. The van der Waals surface area contributed by atoms with Crippen molar-refractivity contribution in [3.8, 4) is 0 Å². The molecule has 0 radical (unpaired) electrons. The summed E-state index contributed by atoms with van der Waals surface area (Å²) in [6.45, 7) is 4.25. The molecule has 0 saturated heterocycles. The molecule has 0 bridgehead atoms. The van der Waals surface area contributed by atoms with Crippen LogP contribution in [0.4, 0.5) is 0 Å². The average molecular weight is 301 g/mol. The molecule has 1 heterocycles. The molecule has 0 fully saturated rings. The van der Waals surface area contributed by atoms with Crippen LogP contribution in [0, 0.1) is 0 Å². The molecule has 1 aromatic carbocycles. The molecule has 22 heavy (non-hydrogen) atoms. The fourth-order valence-electron chi connectivity index (χ4n) is 2.20. The van der Waals surface area contributed by atoms with Gasteiger partial charge in [0.2, 0.25) is 0 Å². The van der Waals surface area contributed by atoms with Crippen LogP contribution < -0.4 is 0 Å². The minimum atomic E-state index is -0.293. The zero-order valence-electron chi connectivity index (χ0n) is 13.0. The van der Waals surface area contributed by atoms with Crippen LogP contribution in [0.2, 0.25) is 0 Å². The van der Waals surface area contributed by atoms with Gasteiger partial charge in [-0.2, -0.15) is 0 Å². The Morgan fingerprint density at radius 2 is 1.86 bits per heavy atom. The number of carbonyl (C=O) groups is 1. The molecule has 0 atom stereocenters. The number of aromatic nitrogens is 1. The Morgan fingerprint density at radius 1 is 1.05 bits per heavy atom. The van der Waals surface area contributed by atoms with Crippen molar-refractivity contribution in [1.29, 1.82) is 0 Å². The maximum absolute atomic E-state index is 12.1. The molecule has 118 valence electrons. The average Bonchev–Trinajstić information content (AvgIpc) is 3.02. The number of benzene rings is 1. The summed E-state index contributed by atoms with van der Waals surface area (Å²) >= 11 is 0. The second-order valence-corrected chi connectivity index (χ2v) is 5.07. The Morgan fingerprint density at radius 3 is 2.64 bits per heavy atom. The van der Waals surface area contributed by atoms with Crippen molar-refractivity contribution in [2.45, 2.75) is 26.3 Å². The van der Waals surface area contributed by atoms with Gasteiger partial charge < -0.3 is 14.0 Å². The molecule has 0 N–H and O–H groups in total. The number of hydrogen-bond donors (Lipinski definition) is 0. The van der Waals surface area contributed by atoms with Crippen LogP contribution in [-0.2, 0) is 22.4 Å². The second kappa shape index (κ2) is 9.05. The highest BCUT2D eigenvalue weighted by Gasteiger charge is 2.12. The number of hydrogen-bond acceptors (Lipinski definition) is 3. The number of rotatable bonds is 9. The third kappa shape index (κ3) is 5.04. The molecular formula is C18H23NO3. The van der Waals surface area contributed by atoms with Crippen LogP contribution in [0.1, 0.15) is 29.4 Å². The van der Waals surface area contributed by atoms with E-state index in [1.807, 2.05) is 42.0 Å². The van der Waals surface area contributed by atoms with Gasteiger partial charge in [-0.05, 0) is 30.5 Å². The fraction of sp³-hybridized carbons (Fsp3) is 0.389. The summed E-state index contributed by atoms with van der Waals surface area (Å²) in [6.07, 6.45) is 3.76. The minimum absolute atomic E-state index is 0.293. The van der Waals surface area contributed by atoms with E-state index >= 15 is 0 Å². The predicted octanol–water partition coefficient (Wildman–Crippen LogP) is 3.31. The second-order valence-electron chi connectivity index (χ2n) is 5.07. The van der Waals surface area contributed by atoms with Crippen molar-refractivity contribution in [2.24, 2.45) is 0 Å². The number of carbonyl (C=O) groups excluding carboxylic acids is 1. The summed E-state index contributed by atoms with van der Waals surface area (Å²) < 4.78 is 12.5. The molecule has 0 aliphatic heterocycles. The number of ether oxygens (including phenoxy) is 2. The maximum atomic E-state index is 12.1. The third-order valence-electron chi connectivity index (χ3n) is 3.33. The Hall–Kier alpha value is -2.07. The van der Waals surface area contributed by atoms with Crippen LogP contribution >= 0.6 is 0 Å². The van der Waals surface area contributed by atoms with Gasteiger partial charge in [-0.15, -0.1) is 0 Å². The first kappa shape index (κ1) is 16.3. The summed E-state index contributed by atoms with van der Waals surface area (Å²) in [5, 5.41) is 0. The van der Waals surface area contributed by atoms with Gasteiger partial charge in [0, 0.05) is 19.3 Å². The van der Waals surface area contributed by atoms with Gasteiger partial charge in [0.1, 0.15) is 12.3 Å². The van der Waals surface area contributed by atoms with Crippen LogP contribution in [0.15, 0.2) is 48.7 Å². The lowest BCUT2D eigenvalue weighted by molar-refractivity contribution is 0.0308. The standard InChI is InChI=1S/C18H23NO3/c1-2-13-21-14-15-22-18(20)17-9-6-11-19(17)12-10-16-7-4-3-5-8-16/h3-9,11H,2,10,12-15H2,1H3. The van der Waals surface area contributed by atoms with Gasteiger partial charge in [-0.3, -0.25) is 0 Å². The molecule has 0 saturated carbocycles. The Labute approximate surface area is 131 Å². The predicted molar refractivity (Wildman–Crippen MR) is 86.0 cm³/mol. The van der Waals surface area contributed by atoms with E-state index < -0.39 is 0 Å². The highest BCUT2D eigenvalue weighted by Crippen LogP contribution is 2.08. The molecule has 2 rings (SSSR count). The van der Waals surface area contributed by atoms with Crippen molar-refractivity contribution in [2.75, 3.05) is 19.8 Å². The van der Waals surface area contributed by atoms with Gasteiger partial charge in [-0.1, -0.05) is 37.3 Å². The Bertz CT molecular complexity index is 563. The van der Waals surface area contributed by atoms with E-state index in [4.69, 9.17) is 9.47 Å². The Kier molecular flexibility index (Phi) is 6.71. The van der Waals surface area contributed by atoms with Crippen molar-refractivity contribution in [1.82, 2.24) is 4.57 Å². The van der Waals surface area contributed by atoms with Gasteiger partial charge >= 0.3 is 5.97 Å². The molecular weight excluding hydrogens is 278 g/mol. The van der Waals surface area contributed by atoms with E-state index in [9.17, 15) is 4.79 Å². The zero-order valence-corrected chi connectivity index (χ0v) is 13.0. The lowest BCUT2D eigenvalue weighted by Crippen LogP contribution is -2.15. The molecule has 0 aliphatic carbocycles. The highest BCUT2D eigenvalue weighted by atomic mass is 16.6.